The molecule has 0 aliphatic carbocycles. The summed E-state index contributed by atoms with van der Waals surface area (Å²) < 4.78 is 6.94. The van der Waals surface area contributed by atoms with E-state index < -0.39 is 0 Å². The van der Waals surface area contributed by atoms with Crippen molar-refractivity contribution in [3.63, 3.8) is 0 Å². The average Bonchev–Trinajstić information content (AvgIpc) is 3.37. The maximum absolute atomic E-state index is 13.2. The first kappa shape index (κ1) is 28.3. The summed E-state index contributed by atoms with van der Waals surface area (Å²) in [6.45, 7) is 5.45. The molecule has 4 heterocycles. The second-order valence-electron chi connectivity index (χ2n) is 10.7. The third-order valence-electron chi connectivity index (χ3n) is 8.05. The molecule has 12 heteroatoms. The van der Waals surface area contributed by atoms with Gasteiger partial charge in [0.1, 0.15) is 25.2 Å². The zero-order chi connectivity index (χ0) is 28.1. The van der Waals surface area contributed by atoms with Gasteiger partial charge in [0.15, 0.2) is 5.65 Å². The van der Waals surface area contributed by atoms with E-state index >= 15 is 0 Å². The quantitative estimate of drug-likeness (QED) is 0.485. The third kappa shape index (κ3) is 6.30. The first-order chi connectivity index (χ1) is 18.7. The molecule has 0 N–H and O–H groups in total. The molecule has 0 spiro atoms. The number of likely N-dealkylation sites (tertiary alicyclic amines) is 2. The van der Waals surface area contributed by atoms with Gasteiger partial charge in [0.2, 0.25) is 5.91 Å². The van der Waals surface area contributed by atoms with Crippen molar-refractivity contribution in [2.45, 2.75) is 38.6 Å². The Morgan fingerprint density at radius 2 is 1.90 bits per heavy atom. The van der Waals surface area contributed by atoms with Crippen molar-refractivity contribution in [3.05, 3.63) is 18.6 Å². The minimum absolute atomic E-state index is 0.000433. The molecule has 2 fully saturated rings. The van der Waals surface area contributed by atoms with Gasteiger partial charge in [-0.1, -0.05) is 6.92 Å². The Morgan fingerprint density at radius 1 is 1.15 bits per heavy atom. The van der Waals surface area contributed by atoms with Gasteiger partial charge in [-0.15, -0.1) is 0 Å². The minimum Gasteiger partial charge on any atom is -0.464 e. The number of carbonyl (C=O) groups excluding carboxylic acids is 3. The van der Waals surface area contributed by atoms with E-state index in [1.54, 1.807) is 18.1 Å². The van der Waals surface area contributed by atoms with Crippen molar-refractivity contribution in [1.82, 2.24) is 29.2 Å². The molecular formula is C27H38N8O4. The van der Waals surface area contributed by atoms with Crippen molar-refractivity contribution in [1.29, 1.82) is 5.26 Å². The molecule has 2 amide bonds. The lowest BCUT2D eigenvalue weighted by molar-refractivity contribution is -0.150. The number of likely N-dealkylation sites (N-methyl/N-ethyl adjacent to an activating group) is 2. The maximum atomic E-state index is 13.2. The highest BCUT2D eigenvalue weighted by Crippen LogP contribution is 2.30. The van der Waals surface area contributed by atoms with Crippen molar-refractivity contribution < 1.29 is 19.1 Å². The Hall–Kier alpha value is -3.72. The highest BCUT2D eigenvalue weighted by molar-refractivity contribution is 5.94. The van der Waals surface area contributed by atoms with Gasteiger partial charge >= 0.3 is 12.0 Å². The number of nitrogens with zero attached hydrogens (tertiary/aromatic N) is 8. The molecule has 2 aromatic rings. The molecule has 0 aromatic carbocycles. The number of anilines is 1. The van der Waals surface area contributed by atoms with Gasteiger partial charge in [-0.25, -0.2) is 14.8 Å². The molecule has 0 saturated carbocycles. The second-order valence-corrected chi connectivity index (χ2v) is 10.7. The maximum Gasteiger partial charge on any atom is 0.329 e. The van der Waals surface area contributed by atoms with Crippen molar-refractivity contribution in [3.8, 4) is 6.07 Å². The molecule has 0 radical (unpaired) electrons. The van der Waals surface area contributed by atoms with Crippen LogP contribution in [0.15, 0.2) is 18.6 Å². The molecule has 2 aliphatic rings. The molecule has 0 bridgehead atoms. The molecule has 0 unspecified atom stereocenters. The first-order valence-corrected chi connectivity index (χ1v) is 13.5. The summed E-state index contributed by atoms with van der Waals surface area (Å²) in [7, 11) is 5.65. The highest BCUT2D eigenvalue weighted by Gasteiger charge is 2.33. The standard InChI is InChI=1S/C27H38N8O4/c1-19-6-13-34(23(36)5-10-28)17-22(19)33(4)24-21-9-14-35(25(21)30-18-29-24)27(38)32(3)15-16-39-26(37)20-7-11-31(2)12-8-20/h9,14,18-20,22H,5-8,11-13,15-17H2,1-4H3/t19-,22+/m1/s1. The molecule has 39 heavy (non-hydrogen) atoms. The number of fused-ring (bicyclic) bond motifs is 1. The van der Waals surface area contributed by atoms with Crippen molar-refractivity contribution in [2.75, 3.05) is 65.4 Å². The van der Waals surface area contributed by atoms with Crippen LogP contribution in [-0.4, -0.2) is 114 Å². The SMILES string of the molecule is C[C@@H]1CCN(C(=O)CC#N)C[C@@H]1N(C)c1ncnc2c1ccn2C(=O)N(C)CCOC(=O)C1CCN(C)CC1. The number of piperidine rings is 2. The lowest BCUT2D eigenvalue weighted by Crippen LogP contribution is -2.52. The topological polar surface area (TPSA) is 128 Å². The molecule has 2 saturated heterocycles. The number of hydrogen-bond acceptors (Lipinski definition) is 9. The van der Waals surface area contributed by atoms with Crippen LogP contribution in [0.1, 0.15) is 32.6 Å². The monoisotopic (exact) mass is 538 g/mol. The molecular weight excluding hydrogens is 500 g/mol. The predicted octanol–water partition coefficient (Wildman–Crippen LogP) is 1.80. The number of aromatic nitrogens is 3. The fraction of sp³-hybridized carbons (Fsp3) is 0.630. The molecule has 2 atom stereocenters. The average molecular weight is 539 g/mol. The summed E-state index contributed by atoms with van der Waals surface area (Å²) in [5, 5.41) is 9.65. The zero-order valence-electron chi connectivity index (χ0n) is 23.2. The minimum atomic E-state index is -0.285. The number of rotatable bonds is 7. The number of esters is 1. The van der Waals surface area contributed by atoms with Crippen LogP contribution in [0.2, 0.25) is 0 Å². The summed E-state index contributed by atoms with van der Waals surface area (Å²) >= 11 is 0. The van der Waals surface area contributed by atoms with E-state index in [9.17, 15) is 14.4 Å². The summed E-state index contributed by atoms with van der Waals surface area (Å²) in [6, 6.07) is 3.48. The van der Waals surface area contributed by atoms with E-state index in [4.69, 9.17) is 10.00 Å². The van der Waals surface area contributed by atoms with Gasteiger partial charge in [-0.2, -0.15) is 5.26 Å². The Balaban J connectivity index is 1.41. The number of carbonyl (C=O) groups is 3. The largest absolute Gasteiger partial charge is 0.464 e. The van der Waals surface area contributed by atoms with E-state index in [0.29, 0.717) is 30.5 Å². The lowest BCUT2D eigenvalue weighted by Gasteiger charge is -2.42. The Labute approximate surface area is 229 Å². The van der Waals surface area contributed by atoms with E-state index in [0.717, 1.165) is 37.7 Å². The summed E-state index contributed by atoms with van der Waals surface area (Å²) in [4.78, 5) is 54.4. The second kappa shape index (κ2) is 12.4. The van der Waals surface area contributed by atoms with Crippen LogP contribution in [0.5, 0.6) is 0 Å². The molecule has 12 nitrogen and oxygen atoms in total. The predicted molar refractivity (Wildman–Crippen MR) is 145 cm³/mol. The number of hydrogen-bond donors (Lipinski definition) is 0. The van der Waals surface area contributed by atoms with Gasteiger partial charge in [0.25, 0.3) is 0 Å². The normalized spacial score (nSPS) is 20.4. The van der Waals surface area contributed by atoms with Crippen LogP contribution in [0.3, 0.4) is 0 Å². The first-order valence-electron chi connectivity index (χ1n) is 13.5. The third-order valence-corrected chi connectivity index (χ3v) is 8.05. The zero-order valence-corrected chi connectivity index (χ0v) is 23.2. The number of nitriles is 1. The number of ether oxygens (including phenoxy) is 1. The van der Waals surface area contributed by atoms with E-state index in [1.165, 1.54) is 15.8 Å². The molecule has 2 aliphatic heterocycles. The molecule has 210 valence electrons. The van der Waals surface area contributed by atoms with Gasteiger partial charge in [-0.05, 0) is 51.4 Å². The van der Waals surface area contributed by atoms with Crippen molar-refractivity contribution >= 4 is 34.8 Å². The Kier molecular flexibility index (Phi) is 9.01. The Bertz CT molecular complexity index is 1230. The van der Waals surface area contributed by atoms with Crippen LogP contribution in [-0.2, 0) is 14.3 Å². The number of amides is 2. The van der Waals surface area contributed by atoms with Gasteiger partial charge in [-0.3, -0.25) is 14.2 Å². The molecule has 4 rings (SSSR count). The van der Waals surface area contributed by atoms with Crippen LogP contribution in [0.4, 0.5) is 10.6 Å². The summed E-state index contributed by atoms with van der Waals surface area (Å²) in [5.41, 5.74) is 0.480. The smallest absolute Gasteiger partial charge is 0.329 e. The lowest BCUT2D eigenvalue weighted by atomic mass is 9.92. The Morgan fingerprint density at radius 3 is 2.62 bits per heavy atom. The van der Waals surface area contributed by atoms with Crippen molar-refractivity contribution in [2.24, 2.45) is 11.8 Å². The fourth-order valence-corrected chi connectivity index (χ4v) is 5.41. The fourth-order valence-electron chi connectivity index (χ4n) is 5.41. The van der Waals surface area contributed by atoms with E-state index in [2.05, 4.69) is 21.8 Å². The van der Waals surface area contributed by atoms with Gasteiger partial charge in [0.05, 0.1) is 30.0 Å². The van der Waals surface area contributed by atoms with Crippen LogP contribution < -0.4 is 4.90 Å². The van der Waals surface area contributed by atoms with E-state index in [-0.39, 0.29) is 49.4 Å². The van der Waals surface area contributed by atoms with Crippen LogP contribution in [0, 0.1) is 23.2 Å². The van der Waals surface area contributed by atoms with E-state index in [1.807, 2.05) is 31.1 Å². The highest BCUT2D eigenvalue weighted by atomic mass is 16.5. The van der Waals surface area contributed by atoms with Gasteiger partial charge in [0, 0.05) is 33.4 Å². The summed E-state index contributed by atoms with van der Waals surface area (Å²) in [5.74, 6) is 0.546. The van der Waals surface area contributed by atoms with Gasteiger partial charge < -0.3 is 24.3 Å². The van der Waals surface area contributed by atoms with Crippen LogP contribution in [0.25, 0.3) is 11.0 Å². The van der Waals surface area contributed by atoms with Crippen LogP contribution >= 0.6 is 0 Å². The molecule has 2 aromatic heterocycles. The summed E-state index contributed by atoms with van der Waals surface area (Å²) in [6.07, 6.45) is 5.40.